The van der Waals surface area contributed by atoms with Crippen molar-refractivity contribution in [2.24, 2.45) is 5.92 Å². The van der Waals surface area contributed by atoms with E-state index in [9.17, 15) is 0 Å². The number of rotatable bonds is 1. The molecule has 0 amide bonds. The van der Waals surface area contributed by atoms with Crippen molar-refractivity contribution in [3.05, 3.63) is 33.8 Å². The number of benzene rings is 1. The van der Waals surface area contributed by atoms with Gasteiger partial charge in [-0.3, -0.25) is 0 Å². The molecule has 1 fully saturated rings. The van der Waals surface area contributed by atoms with Gasteiger partial charge in [0.1, 0.15) is 0 Å². The molecule has 1 aromatic rings. The number of halogens is 1. The van der Waals surface area contributed by atoms with Crippen LogP contribution in [0.1, 0.15) is 30.4 Å². The van der Waals surface area contributed by atoms with E-state index in [-0.39, 0.29) is 0 Å². The molecule has 1 aromatic carbocycles. The van der Waals surface area contributed by atoms with Crippen LogP contribution in [0, 0.1) is 12.8 Å². The van der Waals surface area contributed by atoms with Crippen molar-refractivity contribution < 1.29 is 0 Å². The first-order valence-corrected chi connectivity index (χ1v) is 5.24. The third kappa shape index (κ3) is 1.42. The fourth-order valence-corrected chi connectivity index (χ4v) is 2.29. The highest BCUT2D eigenvalue weighted by molar-refractivity contribution is 9.10. The third-order valence-electron chi connectivity index (χ3n) is 2.74. The molecule has 0 saturated heterocycles. The van der Waals surface area contributed by atoms with Gasteiger partial charge >= 0.3 is 0 Å². The van der Waals surface area contributed by atoms with Crippen molar-refractivity contribution in [1.82, 2.24) is 0 Å². The van der Waals surface area contributed by atoms with Crippen molar-refractivity contribution in [1.29, 1.82) is 0 Å². The Morgan fingerprint density at radius 1 is 1.42 bits per heavy atom. The van der Waals surface area contributed by atoms with Gasteiger partial charge in [-0.1, -0.05) is 28.9 Å². The normalized spacial score (nSPS) is 27.2. The van der Waals surface area contributed by atoms with Crippen LogP contribution in [0.25, 0.3) is 0 Å². The summed E-state index contributed by atoms with van der Waals surface area (Å²) in [5.74, 6) is 1.75. The molecule has 1 aliphatic carbocycles. The van der Waals surface area contributed by atoms with Crippen molar-refractivity contribution in [3.8, 4) is 0 Å². The van der Waals surface area contributed by atoms with Crippen LogP contribution in [0.2, 0.25) is 0 Å². The second-order valence-corrected chi connectivity index (χ2v) is 4.74. The van der Waals surface area contributed by atoms with Crippen LogP contribution in [0.3, 0.4) is 0 Å². The monoisotopic (exact) mass is 224 g/mol. The lowest BCUT2D eigenvalue weighted by atomic mass is 10.0. The summed E-state index contributed by atoms with van der Waals surface area (Å²) in [4.78, 5) is 0. The number of hydrogen-bond acceptors (Lipinski definition) is 0. The molecule has 0 N–H and O–H groups in total. The standard InChI is InChI=1S/C11H13Br/c1-7-5-9(12)3-4-10(7)11-6-8(11)2/h3-5,8,11H,6H2,1-2H3. The van der Waals surface area contributed by atoms with E-state index in [1.807, 2.05) is 0 Å². The van der Waals surface area contributed by atoms with Gasteiger partial charge in [-0.15, -0.1) is 0 Å². The molecule has 0 aromatic heterocycles. The minimum Gasteiger partial charge on any atom is -0.0619 e. The van der Waals surface area contributed by atoms with E-state index in [2.05, 4.69) is 48.0 Å². The third-order valence-corrected chi connectivity index (χ3v) is 3.23. The molecular formula is C11H13Br. The van der Waals surface area contributed by atoms with E-state index in [1.54, 1.807) is 5.56 Å². The lowest BCUT2D eigenvalue weighted by molar-refractivity contribution is 0.908. The first kappa shape index (κ1) is 8.31. The lowest BCUT2D eigenvalue weighted by Crippen LogP contribution is -1.86. The highest BCUT2D eigenvalue weighted by atomic mass is 79.9. The first-order valence-electron chi connectivity index (χ1n) is 4.44. The molecule has 2 atom stereocenters. The van der Waals surface area contributed by atoms with Gasteiger partial charge in [-0.2, -0.15) is 0 Å². The minimum atomic E-state index is 0.845. The van der Waals surface area contributed by atoms with E-state index in [1.165, 1.54) is 16.5 Å². The summed E-state index contributed by atoms with van der Waals surface area (Å²) >= 11 is 3.48. The summed E-state index contributed by atoms with van der Waals surface area (Å²) < 4.78 is 1.19. The maximum Gasteiger partial charge on any atom is 0.0178 e. The molecule has 2 unspecified atom stereocenters. The Kier molecular flexibility index (Phi) is 1.99. The van der Waals surface area contributed by atoms with Gasteiger partial charge in [0.2, 0.25) is 0 Å². The molecule has 1 aliphatic rings. The van der Waals surface area contributed by atoms with Crippen LogP contribution in [0.4, 0.5) is 0 Å². The van der Waals surface area contributed by atoms with Gasteiger partial charge in [-0.05, 0) is 48.4 Å². The molecule has 1 heteroatoms. The zero-order valence-corrected chi connectivity index (χ0v) is 9.06. The van der Waals surface area contributed by atoms with E-state index in [0.29, 0.717) is 0 Å². The Bertz CT molecular complexity index is 304. The van der Waals surface area contributed by atoms with Crippen LogP contribution in [-0.4, -0.2) is 0 Å². The van der Waals surface area contributed by atoms with E-state index < -0.39 is 0 Å². The van der Waals surface area contributed by atoms with Gasteiger partial charge in [0, 0.05) is 4.47 Å². The van der Waals surface area contributed by atoms with Gasteiger partial charge in [0.25, 0.3) is 0 Å². The fraction of sp³-hybridized carbons (Fsp3) is 0.455. The molecule has 0 radical (unpaired) electrons. The molecule has 0 bridgehead atoms. The fourth-order valence-electron chi connectivity index (χ4n) is 1.81. The Hall–Kier alpha value is -0.300. The van der Waals surface area contributed by atoms with Crippen LogP contribution in [0.5, 0.6) is 0 Å². The molecule has 64 valence electrons. The Balaban J connectivity index is 2.33. The molecule has 0 aliphatic heterocycles. The summed E-state index contributed by atoms with van der Waals surface area (Å²) in [5.41, 5.74) is 2.98. The predicted molar refractivity (Wildman–Crippen MR) is 55.4 cm³/mol. The van der Waals surface area contributed by atoms with Crippen molar-refractivity contribution >= 4 is 15.9 Å². The molecule has 1 saturated carbocycles. The maximum atomic E-state index is 3.48. The average Bonchev–Trinajstić information content (AvgIpc) is 2.66. The van der Waals surface area contributed by atoms with E-state index >= 15 is 0 Å². The van der Waals surface area contributed by atoms with Gasteiger partial charge in [-0.25, -0.2) is 0 Å². The molecule has 12 heavy (non-hydrogen) atoms. The average molecular weight is 225 g/mol. The maximum absolute atomic E-state index is 3.48. The summed E-state index contributed by atoms with van der Waals surface area (Å²) in [6.07, 6.45) is 1.38. The zero-order chi connectivity index (χ0) is 8.72. The number of aryl methyl sites for hydroxylation is 1. The molecule has 2 rings (SSSR count). The second kappa shape index (κ2) is 2.88. The quantitative estimate of drug-likeness (QED) is 0.680. The lowest BCUT2D eigenvalue weighted by Gasteiger charge is -2.04. The Morgan fingerprint density at radius 3 is 2.58 bits per heavy atom. The van der Waals surface area contributed by atoms with Gasteiger partial charge in [0.15, 0.2) is 0 Å². The van der Waals surface area contributed by atoms with E-state index in [4.69, 9.17) is 0 Å². The smallest absolute Gasteiger partial charge is 0.0178 e. The molecular weight excluding hydrogens is 212 g/mol. The topological polar surface area (TPSA) is 0 Å². The highest BCUT2D eigenvalue weighted by Crippen LogP contribution is 2.48. The molecule has 0 heterocycles. The van der Waals surface area contributed by atoms with Crippen LogP contribution in [-0.2, 0) is 0 Å². The van der Waals surface area contributed by atoms with E-state index in [0.717, 1.165) is 11.8 Å². The molecule has 0 spiro atoms. The summed E-state index contributed by atoms with van der Waals surface area (Å²) in [5, 5.41) is 0. The largest absolute Gasteiger partial charge is 0.0619 e. The van der Waals surface area contributed by atoms with Gasteiger partial charge < -0.3 is 0 Å². The van der Waals surface area contributed by atoms with Gasteiger partial charge in [0.05, 0.1) is 0 Å². The second-order valence-electron chi connectivity index (χ2n) is 3.82. The summed E-state index contributed by atoms with van der Waals surface area (Å²) in [7, 11) is 0. The number of hydrogen-bond donors (Lipinski definition) is 0. The van der Waals surface area contributed by atoms with Crippen LogP contribution < -0.4 is 0 Å². The van der Waals surface area contributed by atoms with Crippen molar-refractivity contribution in [2.75, 3.05) is 0 Å². The van der Waals surface area contributed by atoms with Crippen molar-refractivity contribution in [3.63, 3.8) is 0 Å². The highest BCUT2D eigenvalue weighted by Gasteiger charge is 2.34. The predicted octanol–water partition coefficient (Wildman–Crippen LogP) is 3.88. The molecule has 0 nitrogen and oxygen atoms in total. The Morgan fingerprint density at radius 2 is 2.08 bits per heavy atom. The SMILES string of the molecule is Cc1cc(Br)ccc1C1CC1C. The van der Waals surface area contributed by atoms with Crippen LogP contribution in [0.15, 0.2) is 22.7 Å². The Labute approximate surface area is 82.1 Å². The summed E-state index contributed by atoms with van der Waals surface area (Å²) in [6, 6.07) is 6.61. The zero-order valence-electron chi connectivity index (χ0n) is 7.47. The van der Waals surface area contributed by atoms with Crippen molar-refractivity contribution in [2.45, 2.75) is 26.2 Å². The summed E-state index contributed by atoms with van der Waals surface area (Å²) in [6.45, 7) is 4.53. The van der Waals surface area contributed by atoms with Crippen LogP contribution >= 0.6 is 15.9 Å². The first-order chi connectivity index (χ1) is 5.68. The minimum absolute atomic E-state index is 0.845.